The van der Waals surface area contributed by atoms with Crippen LogP contribution in [0.4, 0.5) is 0 Å². The maximum atomic E-state index is 6.92. The second kappa shape index (κ2) is 17.0. The SMILES string of the molecule is C1=C[C@@](COCc2ccccc2)(OCc2ccccc2)[C@@H](OCc2ccccc2)[C@H](OCc2ccccc2)[C@H]1OCc1ccccc1. The first-order chi connectivity index (χ1) is 23.3. The van der Waals surface area contributed by atoms with Gasteiger partial charge in [-0.3, -0.25) is 0 Å². The zero-order chi connectivity index (χ0) is 32.0. The topological polar surface area (TPSA) is 46.2 Å². The largest absolute Gasteiger partial charge is 0.373 e. The number of ether oxygens (including phenoxy) is 5. The highest BCUT2D eigenvalue weighted by molar-refractivity contribution is 5.23. The summed E-state index contributed by atoms with van der Waals surface area (Å²) in [5, 5.41) is 0. The Morgan fingerprint density at radius 2 is 0.830 bits per heavy atom. The van der Waals surface area contributed by atoms with Crippen LogP contribution in [0.15, 0.2) is 164 Å². The van der Waals surface area contributed by atoms with Crippen LogP contribution < -0.4 is 0 Å². The molecule has 4 atom stereocenters. The number of hydrogen-bond acceptors (Lipinski definition) is 5. The molecule has 0 radical (unpaired) electrons. The lowest BCUT2D eigenvalue weighted by atomic mass is 9.84. The molecule has 0 N–H and O–H groups in total. The molecule has 0 saturated heterocycles. The van der Waals surface area contributed by atoms with Gasteiger partial charge >= 0.3 is 0 Å². The van der Waals surface area contributed by atoms with Crippen LogP contribution in [-0.4, -0.2) is 30.5 Å². The summed E-state index contributed by atoms with van der Waals surface area (Å²) in [6.07, 6.45) is 2.70. The average molecular weight is 627 g/mol. The summed E-state index contributed by atoms with van der Waals surface area (Å²) in [4.78, 5) is 0. The third kappa shape index (κ3) is 9.35. The molecule has 47 heavy (non-hydrogen) atoms. The third-order valence-corrected chi connectivity index (χ3v) is 8.30. The van der Waals surface area contributed by atoms with Gasteiger partial charge in [-0.2, -0.15) is 0 Å². The Morgan fingerprint density at radius 1 is 0.426 bits per heavy atom. The summed E-state index contributed by atoms with van der Waals surface area (Å²) in [7, 11) is 0. The van der Waals surface area contributed by atoms with Crippen LogP contribution in [0.1, 0.15) is 27.8 Å². The van der Waals surface area contributed by atoms with Crippen molar-refractivity contribution in [3.05, 3.63) is 192 Å². The van der Waals surface area contributed by atoms with Gasteiger partial charge in [0.15, 0.2) is 0 Å². The zero-order valence-electron chi connectivity index (χ0n) is 26.6. The van der Waals surface area contributed by atoms with Crippen LogP contribution in [0, 0.1) is 0 Å². The van der Waals surface area contributed by atoms with E-state index in [1.54, 1.807) is 0 Å². The molecule has 5 aromatic rings. The van der Waals surface area contributed by atoms with E-state index >= 15 is 0 Å². The van der Waals surface area contributed by atoms with Crippen molar-refractivity contribution in [2.24, 2.45) is 0 Å². The summed E-state index contributed by atoms with van der Waals surface area (Å²) in [6, 6.07) is 51.0. The van der Waals surface area contributed by atoms with Crippen molar-refractivity contribution in [2.75, 3.05) is 6.61 Å². The van der Waals surface area contributed by atoms with Gasteiger partial charge in [-0.15, -0.1) is 0 Å². The minimum absolute atomic E-state index is 0.265. The molecule has 0 aromatic heterocycles. The highest BCUT2D eigenvalue weighted by atomic mass is 16.6. The monoisotopic (exact) mass is 626 g/mol. The molecule has 1 aliphatic carbocycles. The van der Waals surface area contributed by atoms with Gasteiger partial charge in [0, 0.05) is 0 Å². The van der Waals surface area contributed by atoms with Crippen molar-refractivity contribution in [3.63, 3.8) is 0 Å². The van der Waals surface area contributed by atoms with Crippen molar-refractivity contribution in [3.8, 4) is 0 Å². The van der Waals surface area contributed by atoms with E-state index in [1.165, 1.54) is 0 Å². The standard InChI is InChI=1S/C42H42O5/c1-6-16-34(17-7-1)28-43-33-42(47-32-38-24-14-5-15-25-38)27-26-39(44-29-35-18-8-2-9-19-35)40(45-30-36-20-10-3-11-21-36)41(42)46-31-37-22-12-4-13-23-37/h1-27,39-41H,28-33H2/t39-,40+,41-,42-/m0/s1. The van der Waals surface area contributed by atoms with Gasteiger partial charge in [0.05, 0.1) is 39.6 Å². The second-order valence-electron chi connectivity index (χ2n) is 11.8. The van der Waals surface area contributed by atoms with Gasteiger partial charge in [0.25, 0.3) is 0 Å². The van der Waals surface area contributed by atoms with E-state index in [4.69, 9.17) is 23.7 Å². The Labute approximate surface area is 278 Å². The smallest absolute Gasteiger partial charge is 0.139 e. The summed E-state index contributed by atoms with van der Waals surface area (Å²) in [6.45, 7) is 2.31. The van der Waals surface area contributed by atoms with E-state index < -0.39 is 17.8 Å². The van der Waals surface area contributed by atoms with Crippen LogP contribution in [-0.2, 0) is 56.7 Å². The molecule has 1 aliphatic rings. The Morgan fingerprint density at radius 3 is 1.32 bits per heavy atom. The van der Waals surface area contributed by atoms with Gasteiger partial charge in [-0.25, -0.2) is 0 Å². The molecular formula is C42H42O5. The molecule has 0 spiro atoms. The van der Waals surface area contributed by atoms with Crippen LogP contribution in [0.3, 0.4) is 0 Å². The number of hydrogen-bond donors (Lipinski definition) is 0. The predicted molar refractivity (Wildman–Crippen MR) is 184 cm³/mol. The van der Waals surface area contributed by atoms with Crippen molar-refractivity contribution in [2.45, 2.75) is 56.9 Å². The molecule has 0 heterocycles. The summed E-state index contributed by atoms with van der Waals surface area (Å²) >= 11 is 0. The van der Waals surface area contributed by atoms with Crippen molar-refractivity contribution < 1.29 is 23.7 Å². The van der Waals surface area contributed by atoms with Crippen LogP contribution in [0.5, 0.6) is 0 Å². The van der Waals surface area contributed by atoms with Gasteiger partial charge < -0.3 is 23.7 Å². The van der Waals surface area contributed by atoms with Crippen molar-refractivity contribution in [1.29, 1.82) is 0 Å². The summed E-state index contributed by atoms with van der Waals surface area (Å²) < 4.78 is 33.7. The van der Waals surface area contributed by atoms with E-state index in [0.717, 1.165) is 27.8 Å². The van der Waals surface area contributed by atoms with Crippen molar-refractivity contribution in [1.82, 2.24) is 0 Å². The Hall–Kier alpha value is -4.36. The lowest BCUT2D eigenvalue weighted by Gasteiger charge is -2.46. The van der Waals surface area contributed by atoms with Gasteiger partial charge in [0.1, 0.15) is 23.9 Å². The van der Waals surface area contributed by atoms with Gasteiger partial charge in [-0.05, 0) is 33.9 Å². The van der Waals surface area contributed by atoms with Gasteiger partial charge in [-0.1, -0.05) is 158 Å². The molecule has 5 nitrogen and oxygen atoms in total. The molecule has 0 saturated carbocycles. The normalized spacial score (nSPS) is 20.6. The van der Waals surface area contributed by atoms with E-state index in [-0.39, 0.29) is 12.7 Å². The first-order valence-electron chi connectivity index (χ1n) is 16.2. The minimum atomic E-state index is -0.965. The molecule has 0 fully saturated rings. The van der Waals surface area contributed by atoms with Crippen LogP contribution >= 0.6 is 0 Å². The second-order valence-corrected chi connectivity index (χ2v) is 11.8. The highest BCUT2D eigenvalue weighted by Crippen LogP contribution is 2.36. The molecule has 0 unspecified atom stereocenters. The molecule has 0 amide bonds. The first kappa shape index (κ1) is 32.6. The molecule has 5 aromatic carbocycles. The molecule has 240 valence electrons. The minimum Gasteiger partial charge on any atom is -0.373 e. The highest BCUT2D eigenvalue weighted by Gasteiger charge is 2.50. The van der Waals surface area contributed by atoms with E-state index in [9.17, 15) is 0 Å². The molecule has 5 heteroatoms. The molecular weight excluding hydrogens is 584 g/mol. The van der Waals surface area contributed by atoms with Crippen LogP contribution in [0.25, 0.3) is 0 Å². The van der Waals surface area contributed by atoms with E-state index in [1.807, 2.05) is 91.0 Å². The number of rotatable bonds is 16. The Balaban J connectivity index is 1.34. The fraction of sp³-hybridized carbons (Fsp3) is 0.238. The zero-order valence-corrected chi connectivity index (χ0v) is 26.6. The van der Waals surface area contributed by atoms with Crippen molar-refractivity contribution >= 4 is 0 Å². The lowest BCUT2D eigenvalue weighted by molar-refractivity contribution is -0.227. The maximum absolute atomic E-state index is 6.92. The quantitative estimate of drug-likeness (QED) is 0.103. The fourth-order valence-electron chi connectivity index (χ4n) is 5.77. The summed E-state index contributed by atoms with van der Waals surface area (Å²) in [5.74, 6) is 0. The van der Waals surface area contributed by atoms with E-state index in [2.05, 4.69) is 72.8 Å². The lowest BCUT2D eigenvalue weighted by Crippen LogP contribution is -2.60. The predicted octanol–water partition coefficient (Wildman–Crippen LogP) is 8.48. The third-order valence-electron chi connectivity index (χ3n) is 8.30. The fourth-order valence-corrected chi connectivity index (χ4v) is 5.77. The van der Waals surface area contributed by atoms with Gasteiger partial charge in [0.2, 0.25) is 0 Å². The maximum Gasteiger partial charge on any atom is 0.139 e. The summed E-state index contributed by atoms with van der Waals surface area (Å²) in [5.41, 5.74) is 4.41. The Bertz CT molecular complexity index is 1610. The molecule has 6 rings (SSSR count). The average Bonchev–Trinajstić information content (AvgIpc) is 3.14. The molecule has 0 aliphatic heterocycles. The Kier molecular flexibility index (Phi) is 11.8. The van der Waals surface area contributed by atoms with E-state index in [0.29, 0.717) is 33.0 Å². The van der Waals surface area contributed by atoms with Crippen LogP contribution in [0.2, 0.25) is 0 Å². The first-order valence-corrected chi connectivity index (χ1v) is 16.2. The number of benzene rings is 5. The molecule has 0 bridgehead atoms.